The van der Waals surface area contributed by atoms with Gasteiger partial charge in [0.1, 0.15) is 0 Å². The topological polar surface area (TPSA) is 94.9 Å². The van der Waals surface area contributed by atoms with E-state index >= 15 is 0 Å². The van der Waals surface area contributed by atoms with Gasteiger partial charge in [0.15, 0.2) is 0 Å². The molecule has 128 valence electrons. The fourth-order valence-corrected chi connectivity index (χ4v) is 2.33. The first-order chi connectivity index (χ1) is 12.0. The highest BCUT2D eigenvalue weighted by atomic mass is 16.2. The van der Waals surface area contributed by atoms with E-state index < -0.39 is 0 Å². The van der Waals surface area contributed by atoms with Crippen LogP contribution in [-0.2, 0) is 4.79 Å². The Kier molecular flexibility index (Phi) is 6.24. The third kappa shape index (κ3) is 5.15. The molecule has 25 heavy (non-hydrogen) atoms. The number of pyridine rings is 1. The van der Waals surface area contributed by atoms with Crippen LogP contribution in [0.15, 0.2) is 48.7 Å². The van der Waals surface area contributed by atoms with E-state index in [2.05, 4.69) is 15.6 Å². The van der Waals surface area contributed by atoms with Crippen LogP contribution in [0.4, 0.5) is 0 Å². The number of benzene rings is 1. The second-order valence-electron chi connectivity index (χ2n) is 5.92. The summed E-state index contributed by atoms with van der Waals surface area (Å²) in [5.41, 5.74) is 1.66. The Labute approximate surface area is 146 Å². The maximum atomic E-state index is 12.2. The van der Waals surface area contributed by atoms with Crippen molar-refractivity contribution >= 4 is 11.8 Å². The van der Waals surface area contributed by atoms with Gasteiger partial charge < -0.3 is 10.6 Å². The van der Waals surface area contributed by atoms with E-state index in [0.29, 0.717) is 11.1 Å². The van der Waals surface area contributed by atoms with E-state index in [1.165, 1.54) is 0 Å². The number of aromatic nitrogens is 1. The summed E-state index contributed by atoms with van der Waals surface area (Å²) < 4.78 is 0. The van der Waals surface area contributed by atoms with E-state index in [1.807, 2.05) is 38.1 Å². The van der Waals surface area contributed by atoms with Gasteiger partial charge in [-0.1, -0.05) is 19.9 Å². The molecule has 6 heteroatoms. The monoisotopic (exact) mass is 336 g/mol. The largest absolute Gasteiger partial charge is 0.346 e. The van der Waals surface area contributed by atoms with Crippen LogP contribution in [0.5, 0.6) is 0 Å². The highest BCUT2D eigenvalue weighted by molar-refractivity contribution is 5.96. The van der Waals surface area contributed by atoms with Gasteiger partial charge in [0.05, 0.1) is 29.9 Å². The molecule has 2 aromatic rings. The predicted molar refractivity (Wildman–Crippen MR) is 93.4 cm³/mol. The van der Waals surface area contributed by atoms with Gasteiger partial charge in [-0.25, -0.2) is 0 Å². The molecular formula is C19H20N4O2. The zero-order valence-corrected chi connectivity index (χ0v) is 14.2. The first-order valence-electron chi connectivity index (χ1n) is 8.00. The summed E-state index contributed by atoms with van der Waals surface area (Å²) in [4.78, 5) is 28.5. The summed E-state index contributed by atoms with van der Waals surface area (Å²) in [7, 11) is 0. The third-order valence-corrected chi connectivity index (χ3v) is 3.68. The fraction of sp³-hybridized carbons (Fsp3) is 0.263. The molecule has 1 atom stereocenters. The Bertz CT molecular complexity index is 764. The van der Waals surface area contributed by atoms with Crippen molar-refractivity contribution in [3.05, 3.63) is 65.5 Å². The average molecular weight is 336 g/mol. The molecule has 0 spiro atoms. The van der Waals surface area contributed by atoms with Crippen molar-refractivity contribution in [3.8, 4) is 6.07 Å². The number of nitrogens with one attached hydrogen (secondary N) is 2. The molecule has 0 bridgehead atoms. The number of nitrogens with zero attached hydrogens (tertiary/aromatic N) is 2. The molecule has 2 amide bonds. The normalized spacial score (nSPS) is 11.4. The Morgan fingerprint density at radius 2 is 1.88 bits per heavy atom. The molecule has 0 saturated carbocycles. The maximum Gasteiger partial charge on any atom is 0.251 e. The quantitative estimate of drug-likeness (QED) is 0.845. The highest BCUT2D eigenvalue weighted by Gasteiger charge is 2.19. The molecular weight excluding hydrogens is 316 g/mol. The minimum Gasteiger partial charge on any atom is -0.346 e. The standard InChI is InChI=1S/C19H20N4O2/c1-13(2)18(16-5-3-4-10-21-16)23-17(24)12-22-19(25)15-8-6-14(11-20)7-9-15/h3-10,13,18H,12H2,1-2H3,(H,22,25)(H,23,24)/t18-/m0/s1. The average Bonchev–Trinajstić information content (AvgIpc) is 2.64. The predicted octanol–water partition coefficient (Wildman–Crippen LogP) is 2.20. The number of hydrogen-bond donors (Lipinski definition) is 2. The van der Waals surface area contributed by atoms with Gasteiger partial charge in [-0.2, -0.15) is 5.26 Å². The van der Waals surface area contributed by atoms with Crippen molar-refractivity contribution in [1.82, 2.24) is 15.6 Å². The first-order valence-corrected chi connectivity index (χ1v) is 8.00. The van der Waals surface area contributed by atoms with Gasteiger partial charge in [-0.3, -0.25) is 14.6 Å². The van der Waals surface area contributed by atoms with Crippen molar-refractivity contribution in [2.24, 2.45) is 5.92 Å². The van der Waals surface area contributed by atoms with Crippen LogP contribution in [0.25, 0.3) is 0 Å². The Morgan fingerprint density at radius 3 is 2.44 bits per heavy atom. The fourth-order valence-electron chi connectivity index (χ4n) is 2.33. The minimum absolute atomic E-state index is 0.130. The van der Waals surface area contributed by atoms with Crippen LogP contribution >= 0.6 is 0 Å². The second kappa shape index (κ2) is 8.60. The molecule has 1 aromatic carbocycles. The second-order valence-corrected chi connectivity index (χ2v) is 5.92. The van der Waals surface area contributed by atoms with Gasteiger partial charge in [0.2, 0.25) is 5.91 Å². The van der Waals surface area contributed by atoms with E-state index in [0.717, 1.165) is 5.69 Å². The summed E-state index contributed by atoms with van der Waals surface area (Å²) in [6, 6.07) is 13.5. The number of amides is 2. The lowest BCUT2D eigenvalue weighted by Gasteiger charge is -2.22. The van der Waals surface area contributed by atoms with Crippen LogP contribution < -0.4 is 10.6 Å². The van der Waals surface area contributed by atoms with Crippen molar-refractivity contribution in [2.75, 3.05) is 6.54 Å². The van der Waals surface area contributed by atoms with E-state index in [9.17, 15) is 9.59 Å². The molecule has 6 nitrogen and oxygen atoms in total. The van der Waals surface area contributed by atoms with Crippen LogP contribution in [-0.4, -0.2) is 23.3 Å². The molecule has 0 unspecified atom stereocenters. The summed E-state index contributed by atoms with van der Waals surface area (Å²) in [5, 5.41) is 14.2. The van der Waals surface area contributed by atoms with E-state index in [1.54, 1.807) is 30.5 Å². The van der Waals surface area contributed by atoms with Gasteiger partial charge in [-0.15, -0.1) is 0 Å². The van der Waals surface area contributed by atoms with Crippen molar-refractivity contribution < 1.29 is 9.59 Å². The number of carbonyl (C=O) groups is 2. The molecule has 0 radical (unpaired) electrons. The minimum atomic E-state index is -0.362. The molecule has 1 heterocycles. The molecule has 2 N–H and O–H groups in total. The van der Waals surface area contributed by atoms with Gasteiger partial charge >= 0.3 is 0 Å². The smallest absolute Gasteiger partial charge is 0.251 e. The lowest BCUT2D eigenvalue weighted by atomic mass is 10.0. The molecule has 0 saturated heterocycles. The van der Waals surface area contributed by atoms with Crippen LogP contribution in [0.3, 0.4) is 0 Å². The highest BCUT2D eigenvalue weighted by Crippen LogP contribution is 2.18. The molecule has 0 aliphatic heterocycles. The summed E-state index contributed by atoms with van der Waals surface area (Å²) in [6.07, 6.45) is 1.68. The Hall–Kier alpha value is -3.20. The number of rotatable bonds is 6. The van der Waals surface area contributed by atoms with Crippen molar-refractivity contribution in [2.45, 2.75) is 19.9 Å². The lowest BCUT2D eigenvalue weighted by Crippen LogP contribution is -2.40. The number of hydrogen-bond acceptors (Lipinski definition) is 4. The SMILES string of the molecule is CC(C)[C@H](NC(=O)CNC(=O)c1ccc(C#N)cc1)c1ccccn1. The molecule has 2 rings (SSSR count). The van der Waals surface area contributed by atoms with Crippen LogP contribution in [0, 0.1) is 17.2 Å². The Balaban J connectivity index is 1.92. The van der Waals surface area contributed by atoms with Crippen molar-refractivity contribution in [1.29, 1.82) is 5.26 Å². The summed E-state index contributed by atoms with van der Waals surface area (Å²) >= 11 is 0. The van der Waals surface area contributed by atoms with E-state index in [-0.39, 0.29) is 30.3 Å². The zero-order chi connectivity index (χ0) is 18.2. The summed E-state index contributed by atoms with van der Waals surface area (Å²) in [6.45, 7) is 3.86. The lowest BCUT2D eigenvalue weighted by molar-refractivity contribution is -0.121. The van der Waals surface area contributed by atoms with Crippen molar-refractivity contribution in [3.63, 3.8) is 0 Å². The summed E-state index contributed by atoms with van der Waals surface area (Å²) in [5.74, 6) is -0.488. The third-order valence-electron chi connectivity index (χ3n) is 3.68. The molecule has 0 aliphatic carbocycles. The Morgan fingerprint density at radius 1 is 1.16 bits per heavy atom. The van der Waals surface area contributed by atoms with Gasteiger partial charge in [0.25, 0.3) is 5.91 Å². The molecule has 1 aromatic heterocycles. The molecule has 0 aliphatic rings. The van der Waals surface area contributed by atoms with Crippen LogP contribution in [0.2, 0.25) is 0 Å². The van der Waals surface area contributed by atoms with Gasteiger partial charge in [0, 0.05) is 11.8 Å². The van der Waals surface area contributed by atoms with E-state index in [4.69, 9.17) is 5.26 Å². The number of carbonyl (C=O) groups excluding carboxylic acids is 2. The maximum absolute atomic E-state index is 12.2. The molecule has 0 fully saturated rings. The van der Waals surface area contributed by atoms with Gasteiger partial charge in [-0.05, 0) is 42.3 Å². The van der Waals surface area contributed by atoms with Crippen LogP contribution in [0.1, 0.15) is 41.5 Å². The first kappa shape index (κ1) is 18.1. The zero-order valence-electron chi connectivity index (χ0n) is 14.2. The number of nitriles is 1.